The van der Waals surface area contributed by atoms with Gasteiger partial charge in [-0.2, -0.15) is 20.7 Å². The Balaban J connectivity index is 0.000000119. The van der Waals surface area contributed by atoms with Crippen LogP contribution < -0.4 is 20.0 Å². The fourth-order valence-electron chi connectivity index (χ4n) is 15.9. The highest BCUT2D eigenvalue weighted by atomic mass is 19.1. The van der Waals surface area contributed by atoms with Crippen LogP contribution in [-0.4, -0.2) is 160 Å². The number of hydrogen-bond donors (Lipinski definition) is 1. The van der Waals surface area contributed by atoms with E-state index in [9.17, 15) is 4.39 Å². The van der Waals surface area contributed by atoms with E-state index in [1.165, 1.54) is 78.0 Å². The molecule has 20 nitrogen and oxygen atoms in total. The quantitative estimate of drug-likeness (QED) is 0.115. The molecule has 6 aromatic carbocycles. The lowest BCUT2D eigenvalue weighted by Gasteiger charge is -2.36. The maximum absolute atomic E-state index is 13.4. The number of anilines is 3. The molecule has 3 fully saturated rings. The first-order chi connectivity index (χ1) is 50.3. The summed E-state index contributed by atoms with van der Waals surface area (Å²) in [7, 11) is 8.66. The maximum atomic E-state index is 13.4. The van der Waals surface area contributed by atoms with Gasteiger partial charge < -0.3 is 43.5 Å². The van der Waals surface area contributed by atoms with Crippen LogP contribution in [0.15, 0.2) is 183 Å². The van der Waals surface area contributed by atoms with E-state index >= 15 is 0 Å². The van der Waals surface area contributed by atoms with Crippen LogP contribution in [0.4, 0.5) is 21.5 Å². The number of aromatic nitrogens is 12. The fourth-order valence-corrected chi connectivity index (χ4v) is 15.9. The molecule has 0 saturated carbocycles. The molecule has 6 aliphatic rings. The average Bonchev–Trinajstić information content (AvgIpc) is 1.62. The molecule has 0 radical (unpaired) electrons. The van der Waals surface area contributed by atoms with Gasteiger partial charge in [-0.05, 0) is 228 Å². The fraction of sp³-hybridized carbons (Fsp3) is 0.317. The van der Waals surface area contributed by atoms with Crippen molar-refractivity contribution in [2.24, 2.45) is 11.8 Å². The first-order valence-corrected chi connectivity index (χ1v) is 36.1. The zero-order chi connectivity index (χ0) is 70.4. The topological polar surface area (TPSA) is 183 Å². The summed E-state index contributed by atoms with van der Waals surface area (Å²) in [6.07, 6.45) is 17.5. The van der Waals surface area contributed by atoms with Gasteiger partial charge in [0.1, 0.15) is 24.8 Å². The molecule has 0 aliphatic carbocycles. The molecule has 103 heavy (non-hydrogen) atoms. The van der Waals surface area contributed by atoms with Gasteiger partial charge in [-0.25, -0.2) is 23.7 Å². The molecule has 12 aromatic rings. The van der Waals surface area contributed by atoms with Crippen molar-refractivity contribution in [2.75, 3.05) is 95.2 Å². The molecule has 6 aromatic heterocycles. The summed E-state index contributed by atoms with van der Waals surface area (Å²) >= 11 is 0. The van der Waals surface area contributed by atoms with E-state index in [4.69, 9.17) is 10.5 Å². The molecule has 3 saturated heterocycles. The summed E-state index contributed by atoms with van der Waals surface area (Å²) in [5.74, 6) is 3.68. The molecule has 0 unspecified atom stereocenters. The van der Waals surface area contributed by atoms with Gasteiger partial charge in [0.25, 0.3) is 0 Å². The van der Waals surface area contributed by atoms with Crippen molar-refractivity contribution in [3.05, 3.63) is 217 Å². The molecule has 0 bridgehead atoms. The Morgan fingerprint density at radius 3 is 1.46 bits per heavy atom. The zero-order valence-corrected chi connectivity index (χ0v) is 59.3. The zero-order valence-electron chi connectivity index (χ0n) is 59.3. The van der Waals surface area contributed by atoms with Crippen LogP contribution in [-0.2, 0) is 19.6 Å². The van der Waals surface area contributed by atoms with Crippen LogP contribution in [0.1, 0.15) is 73.8 Å². The lowest BCUT2D eigenvalue weighted by Crippen LogP contribution is -2.42. The third-order valence-corrected chi connectivity index (χ3v) is 21.7. The predicted molar refractivity (Wildman–Crippen MR) is 403 cm³/mol. The van der Waals surface area contributed by atoms with Gasteiger partial charge in [-0.15, -0.1) is 10.2 Å². The number of nitriles is 2. The molecular formula is C82H85FN20. The number of nitrogens with one attached hydrogen (secondary N) is 1. The van der Waals surface area contributed by atoms with Gasteiger partial charge >= 0.3 is 0 Å². The molecule has 520 valence electrons. The molecule has 18 rings (SSSR count). The van der Waals surface area contributed by atoms with Gasteiger partial charge in [-0.1, -0.05) is 43.3 Å². The highest BCUT2D eigenvalue weighted by molar-refractivity contribution is 5.76. The summed E-state index contributed by atoms with van der Waals surface area (Å²) in [6, 6.07) is 54.4. The Morgan fingerprint density at radius 1 is 0.524 bits per heavy atom. The lowest BCUT2D eigenvalue weighted by molar-refractivity contribution is 0.249. The SMILES string of the molecule is CC[C@H](C)NC[C@H]1CCN(c2ccc3c(c2)Cn2cc(-c4ccc(C#N)cc4)cc2-c2nncn2-3)C1.CN(C)C1CCN(c2ccc3c(c2)Cn2cc(-c4ccc(F)cc4)cc2-c2ncnn2-3)CC1.CN(C)C[C@@H]1CCN(c2ccc3c(c2)Cn2cc(-c4ccc(C#N)cc4)cc2-c2ncnn2-3)C1. The van der Waals surface area contributed by atoms with Crippen LogP contribution in [0, 0.1) is 40.3 Å². The molecule has 1 N–H and O–H groups in total. The molecule has 0 spiro atoms. The van der Waals surface area contributed by atoms with Crippen molar-refractivity contribution in [3.8, 4) is 97.1 Å². The van der Waals surface area contributed by atoms with E-state index in [-0.39, 0.29) is 5.82 Å². The van der Waals surface area contributed by atoms with Crippen LogP contribution in [0.25, 0.3) is 85.0 Å². The maximum Gasteiger partial charge on any atom is 0.185 e. The molecular weight excluding hydrogens is 1280 g/mol. The molecule has 21 heteroatoms. The number of nitrogens with zero attached hydrogens (tertiary/aromatic N) is 19. The second kappa shape index (κ2) is 28.3. The van der Waals surface area contributed by atoms with Gasteiger partial charge in [0.2, 0.25) is 0 Å². The Morgan fingerprint density at radius 2 is 0.971 bits per heavy atom. The minimum atomic E-state index is -0.227. The van der Waals surface area contributed by atoms with Crippen LogP contribution in [0.2, 0.25) is 0 Å². The largest absolute Gasteiger partial charge is 0.371 e. The normalized spacial score (nSPS) is 16.6. The standard InChI is InChI=1S/C29H31N7.C27H27N7.C26H27FN6/c1-3-20(2)31-15-22-10-11-34(16-22)26-8-9-27-25(12-26)18-35-17-24(23-6-4-21(14-30)5-7-23)13-28(35)29-33-32-19-36(27)29;1-31(2)14-20-9-10-32(15-20)24-7-8-25-23(11-24)17-33-16-22(21-5-3-19(13-28)4-6-21)12-26(33)27-29-18-30-34(25)27;1-30(2)22-9-11-31(12-10-22)23-7-8-24-20(13-23)16-32-15-19(18-3-5-21(27)6-4-18)14-25(32)26-28-17-29-33(24)26/h4-9,12-13,17,19-20,22,31H,3,10-11,15-16,18H2,1-2H3;3-8,11-12,16,18,20H,9-10,14-15,17H2,1-2H3;3-8,13-15,17,22H,9-12,16H2,1-2H3/t20-,22+;20-;/m00./s1. The molecule has 0 amide bonds. The summed E-state index contributed by atoms with van der Waals surface area (Å²) in [5.41, 5.74) is 21.7. The van der Waals surface area contributed by atoms with Crippen molar-refractivity contribution >= 4 is 17.1 Å². The Kier molecular flexibility index (Phi) is 18.2. The average molecular weight is 1370 g/mol. The Labute approximate surface area is 600 Å². The molecule has 12 heterocycles. The Bertz CT molecular complexity index is 5120. The summed E-state index contributed by atoms with van der Waals surface area (Å²) in [6.45, 7) is 15.5. The highest BCUT2D eigenvalue weighted by Gasteiger charge is 2.31. The number of rotatable bonds is 13. The van der Waals surface area contributed by atoms with E-state index in [0.717, 1.165) is 157 Å². The highest BCUT2D eigenvalue weighted by Crippen LogP contribution is 2.40. The second-order valence-electron chi connectivity index (χ2n) is 28.9. The number of halogens is 1. The first-order valence-electron chi connectivity index (χ1n) is 36.1. The van der Waals surface area contributed by atoms with E-state index in [0.29, 0.717) is 35.0 Å². The van der Waals surface area contributed by atoms with Crippen LogP contribution in [0.5, 0.6) is 0 Å². The Hall–Kier alpha value is -11.2. The van der Waals surface area contributed by atoms with Crippen LogP contribution in [0.3, 0.4) is 0 Å². The van der Waals surface area contributed by atoms with Crippen molar-refractivity contribution in [1.82, 2.24) is 73.1 Å². The number of fused-ring (bicyclic) bond motifs is 15. The van der Waals surface area contributed by atoms with Crippen molar-refractivity contribution in [3.63, 3.8) is 0 Å². The molecule has 6 aliphatic heterocycles. The van der Waals surface area contributed by atoms with E-state index < -0.39 is 0 Å². The minimum Gasteiger partial charge on any atom is -0.371 e. The lowest BCUT2D eigenvalue weighted by atomic mass is 10.0. The summed E-state index contributed by atoms with van der Waals surface area (Å²) in [5, 5.41) is 39.8. The number of benzene rings is 6. The van der Waals surface area contributed by atoms with Crippen molar-refractivity contribution in [1.29, 1.82) is 10.5 Å². The van der Waals surface area contributed by atoms with Gasteiger partial charge in [0, 0.05) is 130 Å². The first kappa shape index (κ1) is 66.3. The predicted octanol–water partition coefficient (Wildman–Crippen LogP) is 13.3. The van der Waals surface area contributed by atoms with Crippen molar-refractivity contribution in [2.45, 2.75) is 77.7 Å². The third kappa shape index (κ3) is 13.4. The second-order valence-corrected chi connectivity index (χ2v) is 28.9. The monoisotopic (exact) mass is 1370 g/mol. The van der Waals surface area contributed by atoms with Gasteiger partial charge in [0.05, 0.1) is 57.4 Å². The number of piperidine rings is 1. The summed E-state index contributed by atoms with van der Waals surface area (Å²) in [4.78, 5) is 21.3. The van der Waals surface area contributed by atoms with Crippen molar-refractivity contribution < 1.29 is 4.39 Å². The molecule has 3 atom stereocenters. The smallest absolute Gasteiger partial charge is 0.185 e. The van der Waals surface area contributed by atoms with Crippen LogP contribution >= 0.6 is 0 Å². The van der Waals surface area contributed by atoms with Gasteiger partial charge in [0.15, 0.2) is 17.5 Å². The summed E-state index contributed by atoms with van der Waals surface area (Å²) < 4.78 is 26.2. The van der Waals surface area contributed by atoms with Gasteiger partial charge in [-0.3, -0.25) is 4.57 Å². The minimum absolute atomic E-state index is 0.227. The van der Waals surface area contributed by atoms with E-state index in [1.54, 1.807) is 12.7 Å². The third-order valence-electron chi connectivity index (χ3n) is 21.7. The number of hydrogen-bond acceptors (Lipinski definition) is 14. The van der Waals surface area contributed by atoms with E-state index in [2.05, 4.69) is 224 Å². The van der Waals surface area contributed by atoms with E-state index in [1.807, 2.05) is 76.4 Å².